The molecule has 3 rings (SSSR count). The average Bonchev–Trinajstić information content (AvgIpc) is 3.26. The van der Waals surface area contributed by atoms with E-state index < -0.39 is 15.9 Å². The molecule has 2 aromatic rings. The summed E-state index contributed by atoms with van der Waals surface area (Å²) in [5, 5.41) is 12.3. The van der Waals surface area contributed by atoms with Crippen molar-refractivity contribution in [3.63, 3.8) is 0 Å². The van der Waals surface area contributed by atoms with E-state index in [1.54, 1.807) is 35.6 Å². The molecule has 1 saturated heterocycles. The highest BCUT2D eigenvalue weighted by molar-refractivity contribution is 7.91. The number of hydrogen-bond acceptors (Lipinski definition) is 5. The molecule has 0 aliphatic carbocycles. The monoisotopic (exact) mass is 365 g/mol. The second-order valence-corrected chi connectivity index (χ2v) is 9.32. The van der Waals surface area contributed by atoms with Crippen LogP contribution in [0.4, 0.5) is 0 Å². The van der Waals surface area contributed by atoms with Gasteiger partial charge in [0.15, 0.2) is 9.84 Å². The van der Waals surface area contributed by atoms with Gasteiger partial charge in [0.25, 0.3) is 0 Å². The predicted molar refractivity (Wildman–Crippen MR) is 97.0 cm³/mol. The summed E-state index contributed by atoms with van der Waals surface area (Å²) in [6, 6.07) is 12.8. The van der Waals surface area contributed by atoms with Gasteiger partial charge in [0.1, 0.15) is 0 Å². The Morgan fingerprint density at radius 1 is 1.21 bits per heavy atom. The Labute approximate surface area is 147 Å². The van der Waals surface area contributed by atoms with Gasteiger partial charge in [-0.25, -0.2) is 8.42 Å². The van der Waals surface area contributed by atoms with Crippen LogP contribution < -0.4 is 0 Å². The molecule has 24 heavy (non-hydrogen) atoms. The molecule has 1 aromatic carbocycles. The van der Waals surface area contributed by atoms with Crippen LogP contribution in [-0.4, -0.2) is 43.3 Å². The Morgan fingerprint density at radius 2 is 2.00 bits per heavy atom. The molecule has 1 N–H and O–H groups in total. The molecule has 1 aliphatic heterocycles. The highest BCUT2D eigenvalue weighted by Crippen LogP contribution is 2.29. The fourth-order valence-electron chi connectivity index (χ4n) is 3.29. The summed E-state index contributed by atoms with van der Waals surface area (Å²) in [5.74, 6) is 0.128. The molecule has 0 radical (unpaired) electrons. The highest BCUT2D eigenvalue weighted by Gasteiger charge is 2.28. The number of likely N-dealkylation sites (tertiary alicyclic amines) is 1. The lowest BCUT2D eigenvalue weighted by atomic mass is 10.1. The Hall–Kier alpha value is -1.21. The second kappa shape index (κ2) is 7.78. The molecule has 6 heteroatoms. The Balaban J connectivity index is 1.58. The lowest BCUT2D eigenvalue weighted by Crippen LogP contribution is -2.34. The lowest BCUT2D eigenvalue weighted by Gasteiger charge is -2.26. The number of nitrogens with zero attached hydrogens (tertiary/aromatic N) is 1. The summed E-state index contributed by atoms with van der Waals surface area (Å²) in [6.45, 7) is 1.44. The molecule has 0 spiro atoms. The molecule has 0 bridgehead atoms. The van der Waals surface area contributed by atoms with Crippen LogP contribution in [0.2, 0.25) is 0 Å². The Bertz CT molecular complexity index is 729. The van der Waals surface area contributed by atoms with Crippen LogP contribution in [0, 0.1) is 0 Å². The van der Waals surface area contributed by atoms with Crippen molar-refractivity contribution >= 4 is 21.2 Å². The number of rotatable bonds is 7. The quantitative estimate of drug-likeness (QED) is 0.819. The van der Waals surface area contributed by atoms with Crippen molar-refractivity contribution in [1.82, 2.24) is 4.90 Å². The van der Waals surface area contributed by atoms with Gasteiger partial charge in [-0.15, -0.1) is 11.3 Å². The minimum atomic E-state index is -3.24. The van der Waals surface area contributed by atoms with Gasteiger partial charge in [-0.05, 0) is 49.4 Å². The number of aliphatic hydroxyl groups is 1. The van der Waals surface area contributed by atoms with Crippen molar-refractivity contribution in [3.8, 4) is 0 Å². The van der Waals surface area contributed by atoms with Gasteiger partial charge >= 0.3 is 0 Å². The fraction of sp³-hybridized carbons (Fsp3) is 0.444. The summed E-state index contributed by atoms with van der Waals surface area (Å²) in [7, 11) is -3.24. The van der Waals surface area contributed by atoms with Gasteiger partial charge in [0.2, 0.25) is 0 Å². The first-order valence-corrected chi connectivity index (χ1v) is 10.8. The van der Waals surface area contributed by atoms with Crippen molar-refractivity contribution in [2.24, 2.45) is 0 Å². The minimum absolute atomic E-state index is 0.128. The zero-order valence-electron chi connectivity index (χ0n) is 13.5. The maximum atomic E-state index is 12.4. The van der Waals surface area contributed by atoms with E-state index in [0.29, 0.717) is 17.9 Å². The van der Waals surface area contributed by atoms with E-state index in [9.17, 15) is 13.5 Å². The molecule has 2 atom stereocenters. The van der Waals surface area contributed by atoms with Crippen molar-refractivity contribution in [2.75, 3.05) is 18.8 Å². The first kappa shape index (κ1) is 17.6. The average molecular weight is 366 g/mol. The number of benzene rings is 1. The molecule has 0 saturated carbocycles. The number of thiophene rings is 1. The number of hydrogen-bond donors (Lipinski definition) is 1. The van der Waals surface area contributed by atoms with E-state index in [2.05, 4.69) is 4.90 Å². The molecule has 0 unspecified atom stereocenters. The highest BCUT2D eigenvalue weighted by atomic mass is 32.2. The predicted octanol–water partition coefficient (Wildman–Crippen LogP) is 3.11. The van der Waals surface area contributed by atoms with Crippen molar-refractivity contribution in [2.45, 2.75) is 36.3 Å². The van der Waals surface area contributed by atoms with Gasteiger partial charge in [0.05, 0.1) is 16.8 Å². The second-order valence-electron chi connectivity index (χ2n) is 6.23. The number of sulfone groups is 1. The normalized spacial score (nSPS) is 20.3. The fourth-order valence-corrected chi connectivity index (χ4v) is 5.30. The van der Waals surface area contributed by atoms with E-state index >= 15 is 0 Å². The van der Waals surface area contributed by atoms with Crippen molar-refractivity contribution in [1.29, 1.82) is 0 Å². The molecule has 1 aromatic heterocycles. The van der Waals surface area contributed by atoms with Crippen molar-refractivity contribution in [3.05, 3.63) is 52.7 Å². The first-order chi connectivity index (χ1) is 11.6. The van der Waals surface area contributed by atoms with Gasteiger partial charge in [-0.1, -0.05) is 24.3 Å². The van der Waals surface area contributed by atoms with Crippen molar-refractivity contribution < 1.29 is 13.5 Å². The maximum Gasteiger partial charge on any atom is 0.179 e. The van der Waals surface area contributed by atoms with Crippen LogP contribution in [0.3, 0.4) is 0 Å². The SMILES string of the molecule is O=S(=O)(CCN1CCC[C@@H]1C[C@H](O)c1cccs1)c1ccccc1. The van der Waals surface area contributed by atoms with E-state index in [1.807, 2.05) is 23.6 Å². The summed E-state index contributed by atoms with van der Waals surface area (Å²) in [6.07, 6.45) is 2.30. The van der Waals surface area contributed by atoms with Crippen LogP contribution in [0.15, 0.2) is 52.7 Å². The maximum absolute atomic E-state index is 12.4. The van der Waals surface area contributed by atoms with Gasteiger partial charge in [-0.3, -0.25) is 4.90 Å². The summed E-state index contributed by atoms with van der Waals surface area (Å²) < 4.78 is 24.9. The molecular formula is C18H23NO3S2. The Kier molecular flexibility index (Phi) is 5.71. The third-order valence-corrected chi connectivity index (χ3v) is 7.30. The van der Waals surface area contributed by atoms with E-state index in [4.69, 9.17) is 0 Å². The number of aliphatic hydroxyl groups excluding tert-OH is 1. The largest absolute Gasteiger partial charge is 0.388 e. The van der Waals surface area contributed by atoms with Gasteiger partial charge in [0, 0.05) is 17.5 Å². The molecule has 2 heterocycles. The lowest BCUT2D eigenvalue weighted by molar-refractivity contribution is 0.126. The molecule has 0 amide bonds. The third kappa shape index (κ3) is 4.25. The summed E-state index contributed by atoms with van der Waals surface area (Å²) in [4.78, 5) is 3.59. The summed E-state index contributed by atoms with van der Waals surface area (Å²) >= 11 is 1.57. The molecule has 4 nitrogen and oxygen atoms in total. The zero-order valence-corrected chi connectivity index (χ0v) is 15.2. The third-order valence-electron chi connectivity index (χ3n) is 4.62. The first-order valence-electron chi connectivity index (χ1n) is 8.29. The van der Waals surface area contributed by atoms with Crippen LogP contribution >= 0.6 is 11.3 Å². The zero-order chi connectivity index (χ0) is 17.0. The Morgan fingerprint density at radius 3 is 2.71 bits per heavy atom. The standard InChI is InChI=1S/C18H23NO3S2/c20-17(18-9-5-12-23-18)14-15-6-4-10-19(15)11-13-24(21,22)16-7-2-1-3-8-16/h1-3,5,7-9,12,15,17,20H,4,6,10-11,13-14H2/t15-,17+/m1/s1. The summed E-state index contributed by atoms with van der Waals surface area (Å²) in [5.41, 5.74) is 0. The van der Waals surface area contributed by atoms with Crippen LogP contribution in [0.1, 0.15) is 30.2 Å². The topological polar surface area (TPSA) is 57.6 Å². The van der Waals surface area contributed by atoms with Crippen LogP contribution in [0.25, 0.3) is 0 Å². The van der Waals surface area contributed by atoms with Crippen LogP contribution in [-0.2, 0) is 9.84 Å². The molecule has 130 valence electrons. The molecular weight excluding hydrogens is 342 g/mol. The molecule has 1 aliphatic rings. The smallest absolute Gasteiger partial charge is 0.179 e. The van der Waals surface area contributed by atoms with E-state index in [1.165, 1.54) is 0 Å². The van der Waals surface area contributed by atoms with Crippen LogP contribution in [0.5, 0.6) is 0 Å². The molecule has 1 fully saturated rings. The van der Waals surface area contributed by atoms with E-state index in [0.717, 1.165) is 24.3 Å². The van der Waals surface area contributed by atoms with E-state index in [-0.39, 0.29) is 11.8 Å². The van der Waals surface area contributed by atoms with Gasteiger partial charge in [-0.2, -0.15) is 0 Å². The van der Waals surface area contributed by atoms with Gasteiger partial charge < -0.3 is 5.11 Å². The minimum Gasteiger partial charge on any atom is -0.388 e.